The molecule has 6 heteroatoms. The van der Waals surface area contributed by atoms with Crippen LogP contribution in [0.1, 0.15) is 33.0 Å². The van der Waals surface area contributed by atoms with Gasteiger partial charge in [0.2, 0.25) is 5.88 Å². The van der Waals surface area contributed by atoms with Gasteiger partial charge in [-0.2, -0.15) is 4.98 Å². The number of rotatable bonds is 8. The molecule has 0 aliphatic rings. The normalized spacial score (nSPS) is 11.7. The highest BCUT2D eigenvalue weighted by molar-refractivity contribution is 6.29. The SMILES string of the molecule is COCCCOCCOc1cc(Cl)nc(C(C)(C)C)n1. The van der Waals surface area contributed by atoms with Crippen molar-refractivity contribution in [1.82, 2.24) is 9.97 Å². The van der Waals surface area contributed by atoms with Crippen molar-refractivity contribution in [3.05, 3.63) is 17.0 Å². The second-order valence-electron chi connectivity index (χ2n) is 5.41. The molecule has 1 heterocycles. The summed E-state index contributed by atoms with van der Waals surface area (Å²) in [5.41, 5.74) is -0.167. The number of hydrogen-bond donors (Lipinski definition) is 0. The second-order valence-corrected chi connectivity index (χ2v) is 5.80. The van der Waals surface area contributed by atoms with Crippen LogP contribution in [-0.2, 0) is 14.9 Å². The fraction of sp³-hybridized carbons (Fsp3) is 0.714. The quantitative estimate of drug-likeness (QED) is 0.546. The molecule has 0 radical (unpaired) electrons. The molecule has 0 saturated carbocycles. The summed E-state index contributed by atoms with van der Waals surface area (Å²) in [7, 11) is 1.68. The van der Waals surface area contributed by atoms with Crippen molar-refractivity contribution in [3.63, 3.8) is 0 Å². The van der Waals surface area contributed by atoms with Gasteiger partial charge in [-0.05, 0) is 6.42 Å². The molecule has 0 aliphatic heterocycles. The summed E-state index contributed by atoms with van der Waals surface area (Å²) in [6.07, 6.45) is 0.879. The minimum atomic E-state index is -0.167. The number of halogens is 1. The Morgan fingerprint density at radius 3 is 2.50 bits per heavy atom. The predicted molar refractivity (Wildman–Crippen MR) is 78.5 cm³/mol. The molecule has 0 unspecified atom stereocenters. The van der Waals surface area contributed by atoms with Gasteiger partial charge in [-0.15, -0.1) is 0 Å². The van der Waals surface area contributed by atoms with Crippen LogP contribution in [0.25, 0.3) is 0 Å². The smallest absolute Gasteiger partial charge is 0.218 e. The van der Waals surface area contributed by atoms with Crippen LogP contribution in [0.3, 0.4) is 0 Å². The highest BCUT2D eigenvalue weighted by atomic mass is 35.5. The third-order valence-electron chi connectivity index (χ3n) is 2.46. The largest absolute Gasteiger partial charge is 0.475 e. The van der Waals surface area contributed by atoms with Crippen LogP contribution >= 0.6 is 11.6 Å². The second kappa shape index (κ2) is 8.39. The lowest BCUT2D eigenvalue weighted by Gasteiger charge is -2.17. The van der Waals surface area contributed by atoms with Crippen LogP contribution in [0.4, 0.5) is 0 Å². The zero-order valence-electron chi connectivity index (χ0n) is 12.6. The summed E-state index contributed by atoms with van der Waals surface area (Å²) in [4.78, 5) is 8.57. The van der Waals surface area contributed by atoms with Gasteiger partial charge in [0.25, 0.3) is 0 Å². The Morgan fingerprint density at radius 1 is 1.10 bits per heavy atom. The van der Waals surface area contributed by atoms with Crippen molar-refractivity contribution in [1.29, 1.82) is 0 Å². The minimum absolute atomic E-state index is 0.167. The molecular weight excluding hydrogens is 280 g/mol. The molecule has 5 nitrogen and oxygen atoms in total. The first kappa shape index (κ1) is 17.1. The molecule has 0 N–H and O–H groups in total. The lowest BCUT2D eigenvalue weighted by Crippen LogP contribution is -2.17. The van der Waals surface area contributed by atoms with Crippen LogP contribution in [0, 0.1) is 0 Å². The van der Waals surface area contributed by atoms with Gasteiger partial charge in [0.1, 0.15) is 17.6 Å². The number of ether oxygens (including phenoxy) is 3. The molecule has 0 aliphatic carbocycles. The minimum Gasteiger partial charge on any atom is -0.475 e. The lowest BCUT2D eigenvalue weighted by molar-refractivity contribution is 0.0794. The van der Waals surface area contributed by atoms with Crippen LogP contribution in [-0.4, -0.2) is 43.5 Å². The Bertz CT molecular complexity index is 408. The molecule has 20 heavy (non-hydrogen) atoms. The lowest BCUT2D eigenvalue weighted by atomic mass is 9.96. The summed E-state index contributed by atoms with van der Waals surface area (Å²) in [5.74, 6) is 1.15. The Kier molecular flexibility index (Phi) is 7.19. The fourth-order valence-corrected chi connectivity index (χ4v) is 1.59. The average Bonchev–Trinajstić information content (AvgIpc) is 2.36. The van der Waals surface area contributed by atoms with Crippen LogP contribution in [0.5, 0.6) is 5.88 Å². The molecule has 0 amide bonds. The molecule has 1 aromatic rings. The number of methoxy groups -OCH3 is 1. The van der Waals surface area contributed by atoms with Crippen LogP contribution < -0.4 is 4.74 Å². The van der Waals surface area contributed by atoms with Crippen molar-refractivity contribution in [3.8, 4) is 5.88 Å². The van der Waals surface area contributed by atoms with Crippen molar-refractivity contribution in [2.24, 2.45) is 0 Å². The molecule has 0 bridgehead atoms. The standard InChI is InChI=1S/C14H23ClN2O3/c1-14(2,3)13-16-11(15)10-12(17-13)20-9-8-19-7-5-6-18-4/h10H,5-9H2,1-4H3. The Hall–Kier alpha value is -0.910. The van der Waals surface area contributed by atoms with E-state index in [2.05, 4.69) is 9.97 Å². The van der Waals surface area contributed by atoms with E-state index in [0.29, 0.717) is 43.3 Å². The topological polar surface area (TPSA) is 53.5 Å². The number of hydrogen-bond acceptors (Lipinski definition) is 5. The molecule has 0 spiro atoms. The molecule has 0 saturated heterocycles. The first-order valence-electron chi connectivity index (χ1n) is 6.68. The monoisotopic (exact) mass is 302 g/mol. The van der Waals surface area contributed by atoms with Gasteiger partial charge < -0.3 is 14.2 Å². The summed E-state index contributed by atoms with van der Waals surface area (Å²) in [5, 5.41) is 0.390. The van der Waals surface area contributed by atoms with E-state index in [1.54, 1.807) is 13.2 Å². The molecule has 1 rings (SSSR count). The summed E-state index contributed by atoms with van der Waals surface area (Å²) < 4.78 is 15.9. The summed E-state index contributed by atoms with van der Waals surface area (Å²) in [6.45, 7) is 8.40. The molecular formula is C14H23ClN2O3. The zero-order valence-corrected chi connectivity index (χ0v) is 13.4. The maximum Gasteiger partial charge on any atom is 0.218 e. The Balaban J connectivity index is 2.39. The maximum absolute atomic E-state index is 5.98. The van der Waals surface area contributed by atoms with E-state index in [0.717, 1.165) is 6.42 Å². The predicted octanol–water partition coefficient (Wildman–Crippen LogP) is 2.86. The highest BCUT2D eigenvalue weighted by Crippen LogP contribution is 2.23. The molecule has 0 aromatic carbocycles. The Labute approximate surface area is 125 Å². The molecule has 0 atom stereocenters. The van der Waals surface area contributed by atoms with E-state index in [1.807, 2.05) is 20.8 Å². The third kappa shape index (κ3) is 6.50. The van der Waals surface area contributed by atoms with Crippen LogP contribution in [0.15, 0.2) is 6.07 Å². The first-order valence-corrected chi connectivity index (χ1v) is 7.06. The van der Waals surface area contributed by atoms with Crippen molar-refractivity contribution in [2.45, 2.75) is 32.6 Å². The van der Waals surface area contributed by atoms with E-state index in [4.69, 9.17) is 25.8 Å². The number of nitrogens with zero attached hydrogens (tertiary/aromatic N) is 2. The fourth-order valence-electron chi connectivity index (χ4n) is 1.42. The van der Waals surface area contributed by atoms with Gasteiger partial charge in [0.15, 0.2) is 0 Å². The van der Waals surface area contributed by atoms with E-state index in [-0.39, 0.29) is 5.41 Å². The number of aromatic nitrogens is 2. The van der Waals surface area contributed by atoms with E-state index in [1.165, 1.54) is 0 Å². The third-order valence-corrected chi connectivity index (χ3v) is 2.65. The summed E-state index contributed by atoms with van der Waals surface area (Å²) in [6, 6.07) is 1.61. The maximum atomic E-state index is 5.98. The molecule has 0 fully saturated rings. The van der Waals surface area contributed by atoms with Crippen molar-refractivity contribution < 1.29 is 14.2 Å². The van der Waals surface area contributed by atoms with Gasteiger partial charge in [-0.3, -0.25) is 0 Å². The Morgan fingerprint density at radius 2 is 1.85 bits per heavy atom. The van der Waals surface area contributed by atoms with Gasteiger partial charge >= 0.3 is 0 Å². The van der Waals surface area contributed by atoms with Gasteiger partial charge in [-0.1, -0.05) is 32.4 Å². The van der Waals surface area contributed by atoms with Crippen molar-refractivity contribution in [2.75, 3.05) is 33.5 Å². The first-order chi connectivity index (χ1) is 9.43. The molecule has 114 valence electrons. The van der Waals surface area contributed by atoms with Gasteiger partial charge in [-0.25, -0.2) is 4.98 Å². The van der Waals surface area contributed by atoms with E-state index >= 15 is 0 Å². The average molecular weight is 303 g/mol. The summed E-state index contributed by atoms with van der Waals surface area (Å²) >= 11 is 5.98. The highest BCUT2D eigenvalue weighted by Gasteiger charge is 2.19. The van der Waals surface area contributed by atoms with Crippen molar-refractivity contribution >= 4 is 11.6 Å². The van der Waals surface area contributed by atoms with E-state index < -0.39 is 0 Å². The van der Waals surface area contributed by atoms with E-state index in [9.17, 15) is 0 Å². The van der Waals surface area contributed by atoms with Gasteiger partial charge in [0.05, 0.1) is 6.61 Å². The van der Waals surface area contributed by atoms with Crippen LogP contribution in [0.2, 0.25) is 5.15 Å². The van der Waals surface area contributed by atoms with Gasteiger partial charge in [0, 0.05) is 31.8 Å². The zero-order chi connectivity index (χ0) is 15.0. The molecule has 1 aromatic heterocycles.